The maximum Gasteiger partial charge on any atom is 0.127 e. The van der Waals surface area contributed by atoms with Crippen LogP contribution in [0.1, 0.15) is 83.1 Å². The van der Waals surface area contributed by atoms with Crippen LogP contribution in [0.15, 0.2) is 44.3 Å². The Hall–Kier alpha value is -0.759. The van der Waals surface area contributed by atoms with E-state index in [-0.39, 0.29) is 67.6 Å². The Morgan fingerprint density at radius 2 is 0.581 bits per heavy atom. The van der Waals surface area contributed by atoms with Crippen LogP contribution in [0.25, 0.3) is 0 Å². The molecular formula is C24H42N6Sr. The Morgan fingerprint density at radius 3 is 0.710 bits per heavy atom. The van der Waals surface area contributed by atoms with Gasteiger partial charge in [-0.05, 0) is 107 Å². The molecule has 170 valence electrons. The average molecular weight is 502 g/mol. The van der Waals surface area contributed by atoms with E-state index in [9.17, 15) is 0 Å². The summed E-state index contributed by atoms with van der Waals surface area (Å²) in [5, 5.41) is 6.39. The molecule has 0 spiro atoms. The molecule has 0 aromatic heterocycles. The quantitative estimate of drug-likeness (QED) is 0.472. The van der Waals surface area contributed by atoms with Gasteiger partial charge in [-0.25, -0.2) is 0 Å². The van der Waals surface area contributed by atoms with Gasteiger partial charge in [-0.2, -0.15) is 0 Å². The Labute approximate surface area is 227 Å². The van der Waals surface area contributed by atoms with E-state index in [2.05, 4.69) is 114 Å². The second-order valence-electron chi connectivity index (χ2n) is 11.6. The van der Waals surface area contributed by atoms with Crippen molar-refractivity contribution in [1.29, 1.82) is 0 Å². The van der Waals surface area contributed by atoms with Crippen LogP contribution in [0, 0.1) is 0 Å². The maximum absolute atomic E-state index is 4.53. The number of nitrogens with one attached hydrogen (secondary N) is 2. The molecule has 0 atom stereocenters. The molecule has 31 heavy (non-hydrogen) atoms. The smallest absolute Gasteiger partial charge is 0.127 e. The molecule has 2 rings (SSSR count). The average Bonchev–Trinajstić information content (AvgIpc) is 3.02. The molecule has 0 saturated heterocycles. The van der Waals surface area contributed by atoms with Crippen LogP contribution in [0.2, 0.25) is 0 Å². The zero-order valence-electron chi connectivity index (χ0n) is 21.8. The summed E-state index contributed by atoms with van der Waals surface area (Å²) < 4.78 is 0. The van der Waals surface area contributed by atoms with E-state index in [1.807, 2.05) is 24.3 Å². The van der Waals surface area contributed by atoms with Crippen molar-refractivity contribution >= 4 is 68.8 Å². The van der Waals surface area contributed by atoms with Crippen LogP contribution in [0.4, 0.5) is 0 Å². The van der Waals surface area contributed by atoms with Crippen LogP contribution < -0.4 is 10.6 Å². The zero-order valence-corrected chi connectivity index (χ0v) is 25.3. The van der Waals surface area contributed by atoms with Crippen molar-refractivity contribution < 1.29 is 0 Å². The van der Waals surface area contributed by atoms with E-state index >= 15 is 0 Å². The number of rotatable bonds is 0. The summed E-state index contributed by atoms with van der Waals surface area (Å²) in [4.78, 5) is 18.1. The Bertz CT molecular complexity index is 654. The minimum Gasteiger partial charge on any atom is -0.326 e. The molecule has 0 aromatic carbocycles. The minimum atomic E-state index is -0.0517. The molecule has 0 aromatic rings. The summed E-state index contributed by atoms with van der Waals surface area (Å²) in [5.41, 5.74) is -0.207. The molecule has 2 aliphatic rings. The third-order valence-corrected chi connectivity index (χ3v) is 3.13. The van der Waals surface area contributed by atoms with Crippen LogP contribution in [0.3, 0.4) is 0 Å². The normalized spacial score (nSPS) is 21.8. The first-order valence-corrected chi connectivity index (χ1v) is 10.6. The first kappa shape index (κ1) is 30.2. The monoisotopic (exact) mass is 502 g/mol. The fraction of sp³-hybridized carbons (Fsp3) is 0.667. The zero-order chi connectivity index (χ0) is 23.4. The molecule has 2 heterocycles. The van der Waals surface area contributed by atoms with E-state index in [1.54, 1.807) is 0 Å². The van der Waals surface area contributed by atoms with Crippen molar-refractivity contribution in [1.82, 2.24) is 10.6 Å². The predicted molar refractivity (Wildman–Crippen MR) is 139 cm³/mol. The van der Waals surface area contributed by atoms with E-state index in [0.29, 0.717) is 0 Å². The topological polar surface area (TPSA) is 73.5 Å². The molecule has 0 amide bonds. The molecule has 6 nitrogen and oxygen atoms in total. The van der Waals surface area contributed by atoms with E-state index < -0.39 is 0 Å². The molecule has 7 heteroatoms. The van der Waals surface area contributed by atoms with Crippen molar-refractivity contribution in [3.05, 3.63) is 24.3 Å². The first-order chi connectivity index (χ1) is 13.3. The van der Waals surface area contributed by atoms with Gasteiger partial charge in [-0.3, -0.25) is 20.0 Å². The van der Waals surface area contributed by atoms with Crippen molar-refractivity contribution in [2.45, 2.75) is 105 Å². The molecular weight excluding hydrogens is 460 g/mol. The number of hydrogen-bond donors (Lipinski definition) is 2. The molecule has 0 bridgehead atoms. The summed E-state index contributed by atoms with van der Waals surface area (Å²) in [6.45, 7) is 24.9. The number of aliphatic imine (C=N–C) groups is 4. The molecule has 0 fully saturated rings. The van der Waals surface area contributed by atoms with Gasteiger partial charge < -0.3 is 10.6 Å². The van der Waals surface area contributed by atoms with Gasteiger partial charge in [0.1, 0.15) is 23.3 Å². The summed E-state index contributed by atoms with van der Waals surface area (Å²) in [5.74, 6) is 3.58. The van der Waals surface area contributed by atoms with Crippen LogP contribution in [-0.2, 0) is 0 Å². The van der Waals surface area contributed by atoms with Crippen LogP contribution in [0.5, 0.6) is 0 Å². The van der Waals surface area contributed by atoms with E-state index in [1.165, 1.54) is 0 Å². The first-order valence-electron chi connectivity index (χ1n) is 10.6. The van der Waals surface area contributed by atoms with Crippen LogP contribution in [-0.4, -0.2) is 91.0 Å². The molecule has 0 saturated carbocycles. The van der Waals surface area contributed by atoms with E-state index in [4.69, 9.17) is 0 Å². The Balaban J connectivity index is 0.000000562. The number of hydrogen-bond acceptors (Lipinski definition) is 4. The standard InChI is InChI=1S/2C12H21N3.Sr/c2*1-11(2,3)14-9-7-8-10(13-9)15-12(4,5)6;/h2*7-8H,1-6H3,(H,13,14,15);. The fourth-order valence-electron chi connectivity index (χ4n) is 2.45. The molecule has 2 radical (unpaired) electrons. The maximum atomic E-state index is 4.53. The SMILES string of the molecule is CC(C)(C)N=C1C=CC(=NC(C)(C)C)N1.CC(C)(C)N=C1C=CC(=NC(C)(C)C)N1.[Sr]. The summed E-state index contributed by atoms with van der Waals surface area (Å²) >= 11 is 0. The fourth-order valence-corrected chi connectivity index (χ4v) is 2.45. The van der Waals surface area contributed by atoms with Crippen LogP contribution >= 0.6 is 0 Å². The third kappa shape index (κ3) is 15.6. The molecule has 2 N–H and O–H groups in total. The third-order valence-electron chi connectivity index (χ3n) is 3.13. The summed E-state index contributed by atoms with van der Waals surface area (Å²) in [7, 11) is 0. The summed E-state index contributed by atoms with van der Waals surface area (Å²) in [6, 6.07) is 0. The van der Waals surface area contributed by atoms with Gasteiger partial charge in [0, 0.05) is 45.5 Å². The van der Waals surface area contributed by atoms with Crippen molar-refractivity contribution in [2.24, 2.45) is 20.0 Å². The van der Waals surface area contributed by atoms with Crippen molar-refractivity contribution in [3.8, 4) is 0 Å². The van der Waals surface area contributed by atoms with Gasteiger partial charge in [0.2, 0.25) is 0 Å². The van der Waals surface area contributed by atoms with E-state index in [0.717, 1.165) is 23.3 Å². The van der Waals surface area contributed by atoms with Gasteiger partial charge in [0.15, 0.2) is 0 Å². The van der Waals surface area contributed by atoms with Gasteiger partial charge in [-0.15, -0.1) is 0 Å². The minimum absolute atomic E-state index is 0. The van der Waals surface area contributed by atoms with Gasteiger partial charge in [0.25, 0.3) is 0 Å². The van der Waals surface area contributed by atoms with Gasteiger partial charge >= 0.3 is 0 Å². The molecule has 0 aliphatic carbocycles. The number of amidine groups is 4. The van der Waals surface area contributed by atoms with Gasteiger partial charge in [-0.1, -0.05) is 0 Å². The largest absolute Gasteiger partial charge is 0.326 e. The predicted octanol–water partition coefficient (Wildman–Crippen LogP) is 4.70. The molecule has 0 unspecified atom stereocenters. The molecule has 2 aliphatic heterocycles. The Kier molecular flexibility index (Phi) is 11.1. The second kappa shape index (κ2) is 11.4. The second-order valence-corrected chi connectivity index (χ2v) is 11.6. The number of nitrogens with zero attached hydrogens (tertiary/aromatic N) is 4. The van der Waals surface area contributed by atoms with Crippen molar-refractivity contribution in [2.75, 3.05) is 0 Å². The summed E-state index contributed by atoms with van der Waals surface area (Å²) in [6.07, 6.45) is 7.87. The van der Waals surface area contributed by atoms with Crippen molar-refractivity contribution in [3.63, 3.8) is 0 Å². The Morgan fingerprint density at radius 1 is 0.419 bits per heavy atom. The van der Waals surface area contributed by atoms with Gasteiger partial charge in [0.05, 0.1) is 22.2 Å².